The third-order valence-electron chi connectivity index (χ3n) is 5.06. The zero-order chi connectivity index (χ0) is 21.0. The normalized spacial score (nSPS) is 12.9. The highest BCUT2D eigenvalue weighted by molar-refractivity contribution is 6.30. The Morgan fingerprint density at radius 2 is 1.79 bits per heavy atom. The summed E-state index contributed by atoms with van der Waals surface area (Å²) in [5, 5.41) is 13.2. The highest BCUT2D eigenvalue weighted by Crippen LogP contribution is 2.38. The molecule has 0 aliphatic carbocycles. The number of pyridine rings is 1. The predicted molar refractivity (Wildman–Crippen MR) is 114 cm³/mol. The van der Waals surface area contributed by atoms with Crippen LogP contribution < -0.4 is 0 Å². The predicted octanol–water partition coefficient (Wildman–Crippen LogP) is 6.08. The van der Waals surface area contributed by atoms with Crippen LogP contribution in [0.3, 0.4) is 0 Å². The Morgan fingerprint density at radius 3 is 2.38 bits per heavy atom. The van der Waals surface area contributed by atoms with Crippen LogP contribution in [0.15, 0.2) is 66.0 Å². The first-order valence-corrected chi connectivity index (χ1v) is 9.61. The maximum Gasteiger partial charge on any atom is 0.335 e. The minimum Gasteiger partial charge on any atom is -0.478 e. The molecule has 0 radical (unpaired) electrons. The van der Waals surface area contributed by atoms with Gasteiger partial charge in [-0.15, -0.1) is 0 Å². The minimum atomic E-state index is -0.976. The van der Waals surface area contributed by atoms with Gasteiger partial charge in [-0.05, 0) is 78.9 Å². The fraction of sp³-hybridized carbons (Fsp3) is 0.217. The molecule has 0 aliphatic rings. The molecule has 2 atom stereocenters. The molecule has 0 aliphatic heterocycles. The summed E-state index contributed by atoms with van der Waals surface area (Å²) in [6.45, 7) is 3.84. The Balaban J connectivity index is 2.04. The van der Waals surface area contributed by atoms with Crippen LogP contribution in [0.1, 0.15) is 56.7 Å². The van der Waals surface area contributed by atoms with Crippen molar-refractivity contribution in [3.63, 3.8) is 0 Å². The number of hydrogen-bond acceptors (Lipinski definition) is 4. The Kier molecular flexibility index (Phi) is 6.39. The van der Waals surface area contributed by atoms with Gasteiger partial charge in [-0.3, -0.25) is 4.98 Å². The zero-order valence-electron chi connectivity index (χ0n) is 16.2. The molecule has 1 N–H and O–H groups in total. The van der Waals surface area contributed by atoms with Crippen molar-refractivity contribution in [2.24, 2.45) is 5.18 Å². The van der Waals surface area contributed by atoms with Gasteiger partial charge in [0.25, 0.3) is 0 Å². The highest BCUT2D eigenvalue weighted by Gasteiger charge is 2.24. The zero-order valence-corrected chi connectivity index (χ0v) is 16.9. The summed E-state index contributed by atoms with van der Waals surface area (Å²) in [5.41, 5.74) is 4.79. The second kappa shape index (κ2) is 8.97. The molecule has 3 aromatic rings. The minimum absolute atomic E-state index is 0.147. The molecule has 148 valence electrons. The lowest BCUT2D eigenvalue weighted by molar-refractivity contribution is 0.0697. The van der Waals surface area contributed by atoms with Gasteiger partial charge in [-0.1, -0.05) is 35.0 Å². The van der Waals surface area contributed by atoms with Gasteiger partial charge in [-0.2, -0.15) is 4.91 Å². The van der Waals surface area contributed by atoms with Crippen LogP contribution in [0, 0.1) is 18.8 Å². The van der Waals surface area contributed by atoms with Crippen LogP contribution in [-0.2, 0) is 0 Å². The number of carboxylic acids is 1. The topological polar surface area (TPSA) is 79.6 Å². The Morgan fingerprint density at radius 1 is 1.07 bits per heavy atom. The van der Waals surface area contributed by atoms with E-state index in [1.165, 1.54) is 0 Å². The Hall–Kier alpha value is -3.05. The van der Waals surface area contributed by atoms with Crippen molar-refractivity contribution >= 4 is 17.6 Å². The number of rotatable bonds is 7. The van der Waals surface area contributed by atoms with E-state index >= 15 is 0 Å². The van der Waals surface area contributed by atoms with Crippen LogP contribution in [0.4, 0.5) is 0 Å². The van der Waals surface area contributed by atoms with Gasteiger partial charge in [0.1, 0.15) is 6.04 Å². The van der Waals surface area contributed by atoms with E-state index in [-0.39, 0.29) is 11.5 Å². The number of aryl methyl sites for hydroxylation is 2. The van der Waals surface area contributed by atoms with Crippen molar-refractivity contribution in [3.8, 4) is 0 Å². The first-order valence-electron chi connectivity index (χ1n) is 9.23. The quantitative estimate of drug-likeness (QED) is 0.480. The van der Waals surface area contributed by atoms with Crippen LogP contribution >= 0.6 is 11.6 Å². The first kappa shape index (κ1) is 20.7. The number of aromatic carboxylic acids is 1. The number of nitrogens with zero attached hydrogens (tertiary/aromatic N) is 2. The molecular weight excluding hydrogens is 388 g/mol. The van der Waals surface area contributed by atoms with Crippen LogP contribution in [0.5, 0.6) is 0 Å². The highest BCUT2D eigenvalue weighted by atomic mass is 35.5. The maximum atomic E-state index is 11.7. The van der Waals surface area contributed by atoms with Gasteiger partial charge in [0.05, 0.1) is 5.56 Å². The maximum absolute atomic E-state index is 11.7. The largest absolute Gasteiger partial charge is 0.478 e. The van der Waals surface area contributed by atoms with E-state index in [0.717, 1.165) is 27.9 Å². The second-order valence-electron chi connectivity index (χ2n) is 7.07. The van der Waals surface area contributed by atoms with Crippen molar-refractivity contribution in [3.05, 3.63) is 104 Å². The molecule has 2 aromatic carbocycles. The van der Waals surface area contributed by atoms with E-state index in [0.29, 0.717) is 11.4 Å². The third-order valence-corrected chi connectivity index (χ3v) is 5.29. The van der Waals surface area contributed by atoms with Crippen LogP contribution in [0.25, 0.3) is 0 Å². The summed E-state index contributed by atoms with van der Waals surface area (Å²) in [7, 11) is 0. The molecule has 1 aromatic heterocycles. The van der Waals surface area contributed by atoms with Crippen LogP contribution in [-0.4, -0.2) is 16.1 Å². The summed E-state index contributed by atoms with van der Waals surface area (Å²) in [4.78, 5) is 27.1. The lowest BCUT2D eigenvalue weighted by Gasteiger charge is -2.23. The fourth-order valence-electron chi connectivity index (χ4n) is 3.57. The fourth-order valence-corrected chi connectivity index (χ4v) is 3.80. The average molecular weight is 409 g/mol. The second-order valence-corrected chi connectivity index (χ2v) is 7.50. The van der Waals surface area contributed by atoms with Crippen molar-refractivity contribution < 1.29 is 9.90 Å². The van der Waals surface area contributed by atoms with Crippen molar-refractivity contribution in [1.29, 1.82) is 0 Å². The van der Waals surface area contributed by atoms with Crippen LogP contribution in [0.2, 0.25) is 5.02 Å². The molecule has 6 heteroatoms. The molecule has 0 saturated carbocycles. The number of aromatic nitrogens is 1. The number of hydrogen-bond donors (Lipinski definition) is 1. The summed E-state index contributed by atoms with van der Waals surface area (Å²) in [5.74, 6) is -1.12. The number of carbonyl (C=O) groups is 1. The monoisotopic (exact) mass is 408 g/mol. The van der Waals surface area contributed by atoms with E-state index in [1.807, 2.05) is 38.1 Å². The van der Waals surface area contributed by atoms with E-state index in [9.17, 15) is 14.8 Å². The molecule has 0 bridgehead atoms. The number of nitroso groups, excluding NO2 is 1. The Bertz CT molecular complexity index is 1030. The molecule has 0 fully saturated rings. The third kappa shape index (κ3) is 4.87. The molecule has 0 amide bonds. The molecular formula is C23H21ClN2O3. The summed E-state index contributed by atoms with van der Waals surface area (Å²) >= 11 is 6.13. The van der Waals surface area contributed by atoms with E-state index < -0.39 is 12.0 Å². The van der Waals surface area contributed by atoms with Crippen molar-refractivity contribution in [1.82, 2.24) is 4.98 Å². The molecule has 3 rings (SSSR count). The van der Waals surface area contributed by atoms with E-state index in [2.05, 4.69) is 10.2 Å². The van der Waals surface area contributed by atoms with Gasteiger partial charge in [0.15, 0.2) is 0 Å². The van der Waals surface area contributed by atoms with E-state index in [4.69, 9.17) is 11.6 Å². The first-order chi connectivity index (χ1) is 13.9. The molecule has 29 heavy (non-hydrogen) atoms. The van der Waals surface area contributed by atoms with Gasteiger partial charge >= 0.3 is 5.97 Å². The summed E-state index contributed by atoms with van der Waals surface area (Å²) < 4.78 is 0. The standard InChI is InChI=1S/C23H21ClN2O3/c1-14-11-19(24)7-8-20(14)21(16-3-5-17(6-4-16)23(27)28)13-22(26-29)18-9-10-25-15(2)12-18/h3-12,21-22H,13H2,1-2H3,(H,27,28). The molecule has 0 spiro atoms. The van der Waals surface area contributed by atoms with Gasteiger partial charge in [-0.25, -0.2) is 4.79 Å². The Labute approximate surface area is 174 Å². The number of halogens is 1. The molecule has 0 saturated heterocycles. The SMILES string of the molecule is Cc1cc(C(CC(c2ccc(C(=O)O)cc2)c2ccc(Cl)cc2C)N=O)ccn1. The van der Waals surface area contributed by atoms with Crippen molar-refractivity contribution in [2.75, 3.05) is 0 Å². The average Bonchev–Trinajstić information content (AvgIpc) is 2.70. The lowest BCUT2D eigenvalue weighted by atomic mass is 9.82. The number of carboxylic acid groups (broad SMARTS) is 1. The lowest BCUT2D eigenvalue weighted by Crippen LogP contribution is -2.09. The van der Waals surface area contributed by atoms with Gasteiger partial charge < -0.3 is 5.11 Å². The molecule has 2 unspecified atom stereocenters. The summed E-state index contributed by atoms with van der Waals surface area (Å²) in [6.07, 6.45) is 2.12. The number of benzene rings is 2. The molecule has 1 heterocycles. The van der Waals surface area contributed by atoms with E-state index in [1.54, 1.807) is 36.5 Å². The molecule has 5 nitrogen and oxygen atoms in total. The van der Waals surface area contributed by atoms with Crippen molar-refractivity contribution in [2.45, 2.75) is 32.2 Å². The van der Waals surface area contributed by atoms with Gasteiger partial charge in [0, 0.05) is 22.8 Å². The van der Waals surface area contributed by atoms with Gasteiger partial charge in [0.2, 0.25) is 0 Å². The smallest absolute Gasteiger partial charge is 0.335 e. The summed E-state index contributed by atoms with van der Waals surface area (Å²) in [6, 6.07) is 15.5.